The molecule has 2 amide bonds. The Kier molecular flexibility index (Phi) is 6.78. The quantitative estimate of drug-likeness (QED) is 0.494. The van der Waals surface area contributed by atoms with Gasteiger partial charge in [-0.25, -0.2) is 9.59 Å². The number of aliphatic carboxylic acids is 1. The Morgan fingerprint density at radius 2 is 1.54 bits per heavy atom. The molecule has 2 aliphatic rings. The highest BCUT2D eigenvalue weighted by molar-refractivity contribution is 5.89. The van der Waals surface area contributed by atoms with Crippen LogP contribution in [0.25, 0.3) is 11.1 Å². The number of rotatable bonds is 9. The van der Waals surface area contributed by atoms with Crippen LogP contribution in [-0.4, -0.2) is 47.7 Å². The zero-order valence-corrected chi connectivity index (χ0v) is 19.5. The zero-order chi connectivity index (χ0) is 25.3. The summed E-state index contributed by atoms with van der Waals surface area (Å²) in [6.45, 7) is 2.96. The van der Waals surface area contributed by atoms with Gasteiger partial charge in [-0.1, -0.05) is 62.4 Å². The van der Waals surface area contributed by atoms with Gasteiger partial charge in [0.2, 0.25) is 0 Å². The third kappa shape index (κ3) is 4.99. The molecule has 9 heteroatoms. The number of carboxylic acids is 1. The van der Waals surface area contributed by atoms with Gasteiger partial charge in [-0.2, -0.15) is 8.78 Å². The minimum atomic E-state index is -4.00. The lowest BCUT2D eigenvalue weighted by Crippen LogP contribution is -2.59. The van der Waals surface area contributed by atoms with E-state index in [-0.39, 0.29) is 12.5 Å². The fourth-order valence-corrected chi connectivity index (χ4v) is 4.59. The lowest BCUT2D eigenvalue weighted by atomic mass is 9.98. The van der Waals surface area contributed by atoms with Crippen molar-refractivity contribution in [3.63, 3.8) is 0 Å². The van der Waals surface area contributed by atoms with E-state index < -0.39 is 47.8 Å². The van der Waals surface area contributed by atoms with E-state index in [1.165, 1.54) is 13.8 Å². The van der Waals surface area contributed by atoms with Gasteiger partial charge in [0.25, 0.3) is 5.91 Å². The van der Waals surface area contributed by atoms with Gasteiger partial charge in [0.15, 0.2) is 0 Å². The standard InChI is InChI=1S/C26H28F2N2O5/c1-14(2)21(23(31)32)29-24(33)26(27,28)22(15-11-12-15)30-25(34)35-13-20-18-9-5-3-7-16(18)17-8-4-6-10-19(17)20/h3-10,14-15,20-22H,11-13H2,1-2H3,(H,29,33)(H,30,34)(H,31,32). The van der Waals surface area contributed by atoms with E-state index >= 15 is 8.78 Å². The number of benzene rings is 2. The van der Waals surface area contributed by atoms with E-state index in [1.807, 2.05) is 53.8 Å². The molecule has 2 unspecified atom stereocenters. The molecule has 3 N–H and O–H groups in total. The number of carbonyl (C=O) groups excluding carboxylic acids is 2. The molecular weight excluding hydrogens is 458 g/mol. The first kappa shape index (κ1) is 24.6. The van der Waals surface area contributed by atoms with Gasteiger partial charge >= 0.3 is 18.0 Å². The SMILES string of the molecule is CC(C)C(NC(=O)C(F)(F)C(NC(=O)OCC1c2ccccc2-c2ccccc21)C1CC1)C(=O)O. The van der Waals surface area contributed by atoms with Crippen LogP contribution >= 0.6 is 0 Å². The second-order valence-electron chi connectivity index (χ2n) is 9.44. The highest BCUT2D eigenvalue weighted by atomic mass is 19.3. The van der Waals surface area contributed by atoms with Crippen LogP contribution in [0.5, 0.6) is 0 Å². The molecule has 0 aromatic heterocycles. The van der Waals surface area contributed by atoms with Gasteiger partial charge in [0.05, 0.1) is 0 Å². The molecule has 0 aliphatic heterocycles. The van der Waals surface area contributed by atoms with Crippen LogP contribution < -0.4 is 10.6 Å². The van der Waals surface area contributed by atoms with Gasteiger partial charge in [-0.05, 0) is 46.9 Å². The summed E-state index contributed by atoms with van der Waals surface area (Å²) >= 11 is 0. The maximum Gasteiger partial charge on any atom is 0.407 e. The Bertz CT molecular complexity index is 1090. The van der Waals surface area contributed by atoms with E-state index in [4.69, 9.17) is 4.74 Å². The van der Waals surface area contributed by atoms with Gasteiger partial charge in [-0.15, -0.1) is 0 Å². The van der Waals surface area contributed by atoms with Crippen molar-refractivity contribution in [2.24, 2.45) is 11.8 Å². The van der Waals surface area contributed by atoms with Crippen molar-refractivity contribution in [2.75, 3.05) is 6.61 Å². The monoisotopic (exact) mass is 486 g/mol. The first-order valence-corrected chi connectivity index (χ1v) is 11.6. The molecule has 35 heavy (non-hydrogen) atoms. The molecule has 2 aliphatic carbocycles. The molecule has 2 atom stereocenters. The molecule has 0 radical (unpaired) electrons. The molecule has 4 rings (SSSR count). The number of carbonyl (C=O) groups is 3. The average molecular weight is 487 g/mol. The van der Waals surface area contributed by atoms with E-state index in [9.17, 15) is 19.5 Å². The predicted molar refractivity (Wildman–Crippen MR) is 124 cm³/mol. The molecule has 1 saturated carbocycles. The lowest BCUT2D eigenvalue weighted by molar-refractivity contribution is -0.155. The van der Waals surface area contributed by atoms with E-state index in [2.05, 4.69) is 5.32 Å². The maximum atomic E-state index is 15.1. The van der Waals surface area contributed by atoms with Gasteiger partial charge in [-0.3, -0.25) is 4.79 Å². The van der Waals surface area contributed by atoms with Crippen molar-refractivity contribution in [2.45, 2.75) is 50.6 Å². The summed E-state index contributed by atoms with van der Waals surface area (Å²) < 4.78 is 35.5. The predicted octanol–water partition coefficient (Wildman–Crippen LogP) is 4.16. The van der Waals surface area contributed by atoms with Crippen LogP contribution in [0.2, 0.25) is 0 Å². The molecule has 0 heterocycles. The van der Waals surface area contributed by atoms with Gasteiger partial charge in [0.1, 0.15) is 18.7 Å². The summed E-state index contributed by atoms with van der Waals surface area (Å²) in [6, 6.07) is 12.2. The van der Waals surface area contributed by atoms with Crippen molar-refractivity contribution in [1.82, 2.24) is 10.6 Å². The molecule has 7 nitrogen and oxygen atoms in total. The smallest absolute Gasteiger partial charge is 0.407 e. The number of alkyl carbamates (subject to hydrolysis) is 1. The number of amides is 2. The first-order chi connectivity index (χ1) is 16.6. The molecular formula is C26H28F2N2O5. The van der Waals surface area contributed by atoms with Crippen LogP contribution in [0.15, 0.2) is 48.5 Å². The normalized spacial score (nSPS) is 16.7. The Hall–Kier alpha value is -3.49. The van der Waals surface area contributed by atoms with Crippen molar-refractivity contribution < 1.29 is 33.0 Å². The summed E-state index contributed by atoms with van der Waals surface area (Å²) in [6.07, 6.45) is -0.206. The topological polar surface area (TPSA) is 105 Å². The van der Waals surface area contributed by atoms with E-state index in [1.54, 1.807) is 0 Å². The Labute approximate surface area is 201 Å². The molecule has 1 fully saturated rings. The number of fused-ring (bicyclic) bond motifs is 3. The number of nitrogens with one attached hydrogen (secondary N) is 2. The number of ether oxygens (including phenoxy) is 1. The second-order valence-corrected chi connectivity index (χ2v) is 9.44. The fraction of sp³-hybridized carbons (Fsp3) is 0.423. The second kappa shape index (κ2) is 9.64. The summed E-state index contributed by atoms with van der Waals surface area (Å²) in [5.74, 6) is -8.57. The number of carboxylic acid groups (broad SMARTS) is 1. The van der Waals surface area contributed by atoms with Crippen molar-refractivity contribution in [1.29, 1.82) is 0 Å². The van der Waals surface area contributed by atoms with Crippen LogP contribution in [0.1, 0.15) is 43.7 Å². The number of halogens is 2. The molecule has 0 spiro atoms. The average Bonchev–Trinajstić information content (AvgIpc) is 3.61. The third-order valence-electron chi connectivity index (χ3n) is 6.62. The highest BCUT2D eigenvalue weighted by Gasteiger charge is 2.55. The van der Waals surface area contributed by atoms with Crippen molar-refractivity contribution >= 4 is 18.0 Å². The van der Waals surface area contributed by atoms with E-state index in [0.717, 1.165) is 22.3 Å². The number of hydrogen-bond acceptors (Lipinski definition) is 4. The summed E-state index contributed by atoms with van der Waals surface area (Å²) in [5.41, 5.74) is 4.04. The Morgan fingerprint density at radius 3 is 2.03 bits per heavy atom. The molecule has 186 valence electrons. The summed E-state index contributed by atoms with van der Waals surface area (Å²) in [4.78, 5) is 36.3. The summed E-state index contributed by atoms with van der Waals surface area (Å²) in [7, 11) is 0. The first-order valence-electron chi connectivity index (χ1n) is 11.6. The number of hydrogen-bond donors (Lipinski definition) is 3. The minimum absolute atomic E-state index is 0.0521. The molecule has 2 aromatic carbocycles. The van der Waals surface area contributed by atoms with Gasteiger partial charge < -0.3 is 20.5 Å². The molecule has 0 bridgehead atoms. The largest absolute Gasteiger partial charge is 0.480 e. The fourth-order valence-electron chi connectivity index (χ4n) is 4.59. The van der Waals surface area contributed by atoms with Crippen molar-refractivity contribution in [3.05, 3.63) is 59.7 Å². The van der Waals surface area contributed by atoms with Crippen LogP contribution in [0, 0.1) is 11.8 Å². The van der Waals surface area contributed by atoms with Crippen LogP contribution in [0.4, 0.5) is 13.6 Å². The Balaban J connectivity index is 1.44. The lowest BCUT2D eigenvalue weighted by Gasteiger charge is -2.28. The highest BCUT2D eigenvalue weighted by Crippen LogP contribution is 2.44. The maximum absolute atomic E-state index is 15.1. The molecule has 2 aromatic rings. The zero-order valence-electron chi connectivity index (χ0n) is 19.5. The Morgan fingerprint density at radius 1 is 1.00 bits per heavy atom. The van der Waals surface area contributed by atoms with Crippen molar-refractivity contribution in [3.8, 4) is 11.1 Å². The molecule has 0 saturated heterocycles. The minimum Gasteiger partial charge on any atom is -0.480 e. The van der Waals surface area contributed by atoms with E-state index in [0.29, 0.717) is 12.8 Å². The van der Waals surface area contributed by atoms with Gasteiger partial charge in [0, 0.05) is 5.92 Å². The summed E-state index contributed by atoms with van der Waals surface area (Å²) in [5, 5.41) is 13.3. The van der Waals surface area contributed by atoms with Crippen LogP contribution in [-0.2, 0) is 14.3 Å². The number of alkyl halides is 2. The van der Waals surface area contributed by atoms with Crippen LogP contribution in [0.3, 0.4) is 0 Å². The third-order valence-corrected chi connectivity index (χ3v) is 6.62.